The molecule has 0 heterocycles. The van der Waals surface area contributed by atoms with Crippen LogP contribution < -0.4 is 5.73 Å². The van der Waals surface area contributed by atoms with Crippen molar-refractivity contribution in [2.24, 2.45) is 11.7 Å². The van der Waals surface area contributed by atoms with E-state index >= 15 is 0 Å². The maximum atomic E-state index is 7.62. The Morgan fingerprint density at radius 3 is 2.31 bits per heavy atom. The normalized spacial score (nSPS) is 19.6. The Balaban J connectivity index is 2.56. The van der Waals surface area contributed by atoms with Gasteiger partial charge in [-0.1, -0.05) is 26.7 Å². The topological polar surface area (TPSA) is 53.1 Å². The first-order chi connectivity index (χ1) is 7.52. The van der Waals surface area contributed by atoms with Crippen LogP contribution in [-0.4, -0.2) is 29.4 Å². The van der Waals surface area contributed by atoms with E-state index in [1.165, 1.54) is 32.1 Å². The van der Waals surface area contributed by atoms with E-state index in [2.05, 4.69) is 25.7 Å². The van der Waals surface area contributed by atoms with E-state index in [9.17, 15) is 0 Å². The maximum absolute atomic E-state index is 7.62. The smallest absolute Gasteiger partial charge is 0.108 e. The predicted molar refractivity (Wildman–Crippen MR) is 69.8 cm³/mol. The van der Waals surface area contributed by atoms with E-state index in [-0.39, 0.29) is 6.04 Å². The Labute approximate surface area is 99.9 Å². The molecule has 1 aliphatic rings. The average molecular weight is 225 g/mol. The van der Waals surface area contributed by atoms with Crippen LogP contribution in [0.15, 0.2) is 0 Å². The van der Waals surface area contributed by atoms with Crippen molar-refractivity contribution in [2.45, 2.75) is 65.0 Å². The van der Waals surface area contributed by atoms with E-state index in [1.54, 1.807) is 0 Å². The number of amidine groups is 1. The van der Waals surface area contributed by atoms with E-state index in [1.807, 2.05) is 0 Å². The van der Waals surface area contributed by atoms with Crippen molar-refractivity contribution in [1.29, 1.82) is 5.41 Å². The standard InChI is InChI=1S/C13H27N3/c1-10(2)8-9-16(11(3)13(14)15)12-6-4-5-7-12/h10-12H,4-9H2,1-3H3,(H3,14,15). The highest BCUT2D eigenvalue weighted by atomic mass is 15.2. The van der Waals surface area contributed by atoms with Crippen LogP contribution in [0.2, 0.25) is 0 Å². The third-order valence-electron chi connectivity index (χ3n) is 3.71. The van der Waals surface area contributed by atoms with Gasteiger partial charge in [0.15, 0.2) is 0 Å². The molecule has 16 heavy (non-hydrogen) atoms. The van der Waals surface area contributed by atoms with Crippen molar-refractivity contribution >= 4 is 5.84 Å². The molecule has 1 aliphatic carbocycles. The third kappa shape index (κ3) is 3.78. The SMILES string of the molecule is CC(C)CCN(C1CCCC1)C(C)C(=N)N. The van der Waals surface area contributed by atoms with Gasteiger partial charge in [0.05, 0.1) is 6.04 Å². The van der Waals surface area contributed by atoms with Gasteiger partial charge < -0.3 is 5.73 Å². The first-order valence-corrected chi connectivity index (χ1v) is 6.62. The molecule has 0 aromatic rings. The second kappa shape index (κ2) is 6.24. The van der Waals surface area contributed by atoms with Gasteiger partial charge in [-0.25, -0.2) is 0 Å². The zero-order valence-corrected chi connectivity index (χ0v) is 11.0. The summed E-state index contributed by atoms with van der Waals surface area (Å²) < 4.78 is 0. The Hall–Kier alpha value is -0.570. The van der Waals surface area contributed by atoms with Gasteiger partial charge in [0.25, 0.3) is 0 Å². The third-order valence-corrected chi connectivity index (χ3v) is 3.71. The van der Waals surface area contributed by atoms with Crippen LogP contribution in [0.3, 0.4) is 0 Å². The second-order valence-corrected chi connectivity index (χ2v) is 5.49. The lowest BCUT2D eigenvalue weighted by Crippen LogP contribution is -2.47. The molecule has 0 saturated heterocycles. The first-order valence-electron chi connectivity index (χ1n) is 6.62. The maximum Gasteiger partial charge on any atom is 0.108 e. The molecule has 3 nitrogen and oxygen atoms in total. The Kier molecular flexibility index (Phi) is 5.26. The number of hydrogen-bond acceptors (Lipinski definition) is 2. The predicted octanol–water partition coefficient (Wildman–Crippen LogP) is 2.60. The van der Waals surface area contributed by atoms with Gasteiger partial charge in [0.1, 0.15) is 5.84 Å². The molecule has 3 heteroatoms. The molecule has 0 aliphatic heterocycles. The molecule has 94 valence electrons. The molecule has 0 aromatic heterocycles. The fourth-order valence-corrected chi connectivity index (χ4v) is 2.51. The zero-order chi connectivity index (χ0) is 12.1. The van der Waals surface area contributed by atoms with Crippen LogP contribution in [-0.2, 0) is 0 Å². The highest BCUT2D eigenvalue weighted by Gasteiger charge is 2.27. The summed E-state index contributed by atoms with van der Waals surface area (Å²) in [6.45, 7) is 7.67. The number of nitrogens with zero attached hydrogens (tertiary/aromatic N) is 1. The summed E-state index contributed by atoms with van der Waals surface area (Å²) in [6.07, 6.45) is 6.46. The molecule has 0 amide bonds. The quantitative estimate of drug-likeness (QED) is 0.539. The highest BCUT2D eigenvalue weighted by molar-refractivity contribution is 5.82. The lowest BCUT2D eigenvalue weighted by atomic mass is 10.1. The summed E-state index contributed by atoms with van der Waals surface area (Å²) >= 11 is 0. The Morgan fingerprint density at radius 1 is 1.31 bits per heavy atom. The van der Waals surface area contributed by atoms with Gasteiger partial charge in [-0.05, 0) is 38.6 Å². The fourth-order valence-electron chi connectivity index (χ4n) is 2.51. The summed E-state index contributed by atoms with van der Waals surface area (Å²) in [6, 6.07) is 0.777. The first kappa shape index (κ1) is 13.5. The molecule has 1 fully saturated rings. The average Bonchev–Trinajstić information content (AvgIpc) is 2.70. The van der Waals surface area contributed by atoms with Crippen LogP contribution in [0.5, 0.6) is 0 Å². The van der Waals surface area contributed by atoms with Gasteiger partial charge in [-0.15, -0.1) is 0 Å². The number of hydrogen-bond donors (Lipinski definition) is 2. The van der Waals surface area contributed by atoms with E-state index in [0.717, 1.165) is 12.5 Å². The van der Waals surface area contributed by atoms with Gasteiger partial charge in [-0.3, -0.25) is 10.3 Å². The molecule has 1 atom stereocenters. The monoisotopic (exact) mass is 225 g/mol. The Morgan fingerprint density at radius 2 is 1.88 bits per heavy atom. The van der Waals surface area contributed by atoms with Crippen LogP contribution in [0.1, 0.15) is 52.9 Å². The summed E-state index contributed by atoms with van der Waals surface area (Å²) in [5, 5.41) is 7.62. The van der Waals surface area contributed by atoms with Crippen molar-refractivity contribution in [1.82, 2.24) is 4.90 Å². The molecule has 0 bridgehead atoms. The lowest BCUT2D eigenvalue weighted by molar-refractivity contribution is 0.169. The second-order valence-electron chi connectivity index (χ2n) is 5.49. The molecule has 0 spiro atoms. The molecule has 1 rings (SSSR count). The minimum absolute atomic E-state index is 0.113. The molecule has 0 radical (unpaired) electrons. The lowest BCUT2D eigenvalue weighted by Gasteiger charge is -2.34. The Bertz CT molecular complexity index is 219. The number of nitrogens with one attached hydrogen (secondary N) is 1. The minimum atomic E-state index is 0.113. The van der Waals surface area contributed by atoms with Crippen molar-refractivity contribution in [3.8, 4) is 0 Å². The molecule has 0 aromatic carbocycles. The van der Waals surface area contributed by atoms with Crippen LogP contribution in [0.25, 0.3) is 0 Å². The van der Waals surface area contributed by atoms with Gasteiger partial charge in [-0.2, -0.15) is 0 Å². The van der Waals surface area contributed by atoms with Crippen LogP contribution >= 0.6 is 0 Å². The van der Waals surface area contributed by atoms with E-state index < -0.39 is 0 Å². The summed E-state index contributed by atoms with van der Waals surface area (Å²) in [4.78, 5) is 2.45. The van der Waals surface area contributed by atoms with Crippen molar-refractivity contribution in [3.05, 3.63) is 0 Å². The highest BCUT2D eigenvalue weighted by Crippen LogP contribution is 2.25. The van der Waals surface area contributed by atoms with Gasteiger partial charge >= 0.3 is 0 Å². The van der Waals surface area contributed by atoms with Crippen molar-refractivity contribution in [3.63, 3.8) is 0 Å². The summed E-state index contributed by atoms with van der Waals surface area (Å²) in [5.41, 5.74) is 5.65. The van der Waals surface area contributed by atoms with Crippen LogP contribution in [0.4, 0.5) is 0 Å². The van der Waals surface area contributed by atoms with Crippen LogP contribution in [0, 0.1) is 11.3 Å². The van der Waals surface area contributed by atoms with Gasteiger partial charge in [0.2, 0.25) is 0 Å². The van der Waals surface area contributed by atoms with Crippen molar-refractivity contribution < 1.29 is 0 Å². The summed E-state index contributed by atoms with van der Waals surface area (Å²) in [5.74, 6) is 1.04. The fraction of sp³-hybridized carbons (Fsp3) is 0.923. The van der Waals surface area contributed by atoms with E-state index in [4.69, 9.17) is 11.1 Å². The molecule has 1 saturated carbocycles. The largest absolute Gasteiger partial charge is 0.386 e. The molecule has 1 unspecified atom stereocenters. The molecular formula is C13H27N3. The van der Waals surface area contributed by atoms with Gasteiger partial charge in [0, 0.05) is 6.04 Å². The summed E-state index contributed by atoms with van der Waals surface area (Å²) in [7, 11) is 0. The molecule has 3 N–H and O–H groups in total. The zero-order valence-electron chi connectivity index (χ0n) is 11.0. The molecular weight excluding hydrogens is 198 g/mol. The van der Waals surface area contributed by atoms with E-state index in [0.29, 0.717) is 11.9 Å². The number of rotatable bonds is 6. The number of nitrogens with two attached hydrogens (primary N) is 1. The van der Waals surface area contributed by atoms with Crippen molar-refractivity contribution in [2.75, 3.05) is 6.54 Å². The minimum Gasteiger partial charge on any atom is -0.386 e.